The van der Waals surface area contributed by atoms with Gasteiger partial charge in [-0.25, -0.2) is 4.79 Å². The molecule has 4 aromatic rings. The fourth-order valence-electron chi connectivity index (χ4n) is 3.24. The number of rotatable bonds is 8. The molecule has 4 rings (SSSR count). The van der Waals surface area contributed by atoms with E-state index in [0.29, 0.717) is 21.5 Å². The van der Waals surface area contributed by atoms with Crippen molar-refractivity contribution < 1.29 is 18.7 Å². The van der Waals surface area contributed by atoms with Gasteiger partial charge in [0.05, 0.1) is 18.6 Å². The van der Waals surface area contributed by atoms with Crippen LogP contribution in [0.25, 0.3) is 22.7 Å². The number of benzene rings is 1. The Morgan fingerprint density at radius 3 is 2.82 bits per heavy atom. The SMILES string of the molecule is CCOC(=O)c1c(-c2ccco2)csc1NC(=O)CSc1nnc(-c2cccc(C)c2)n1C. The summed E-state index contributed by atoms with van der Waals surface area (Å²) in [6.07, 6.45) is 1.53. The minimum Gasteiger partial charge on any atom is -0.464 e. The van der Waals surface area contributed by atoms with Crippen LogP contribution in [0.15, 0.2) is 57.6 Å². The Kier molecular flexibility index (Phi) is 6.95. The highest BCUT2D eigenvalue weighted by Crippen LogP contribution is 2.36. The maximum absolute atomic E-state index is 12.7. The zero-order valence-corrected chi connectivity index (χ0v) is 20.0. The third-order valence-corrected chi connectivity index (χ3v) is 6.67. The number of thiophene rings is 1. The van der Waals surface area contributed by atoms with Crippen LogP contribution in [-0.2, 0) is 16.6 Å². The van der Waals surface area contributed by atoms with Crippen molar-refractivity contribution >= 4 is 40.0 Å². The lowest BCUT2D eigenvalue weighted by atomic mass is 10.1. The first-order chi connectivity index (χ1) is 16.0. The number of carbonyl (C=O) groups is 2. The second kappa shape index (κ2) is 10.1. The smallest absolute Gasteiger partial charge is 0.341 e. The molecule has 10 heteroatoms. The van der Waals surface area contributed by atoms with Crippen LogP contribution in [0.1, 0.15) is 22.8 Å². The van der Waals surface area contributed by atoms with E-state index in [4.69, 9.17) is 9.15 Å². The molecule has 1 aromatic carbocycles. The van der Waals surface area contributed by atoms with Crippen LogP contribution in [0.3, 0.4) is 0 Å². The molecule has 1 N–H and O–H groups in total. The first-order valence-electron chi connectivity index (χ1n) is 10.2. The fraction of sp³-hybridized carbons (Fsp3) is 0.217. The Morgan fingerprint density at radius 1 is 1.24 bits per heavy atom. The van der Waals surface area contributed by atoms with E-state index < -0.39 is 5.97 Å². The summed E-state index contributed by atoms with van der Waals surface area (Å²) < 4.78 is 12.5. The Hall–Kier alpha value is -3.37. The number of hydrogen-bond acceptors (Lipinski definition) is 8. The van der Waals surface area contributed by atoms with Crippen LogP contribution >= 0.6 is 23.1 Å². The number of nitrogens with one attached hydrogen (secondary N) is 1. The Labute approximate surface area is 199 Å². The van der Waals surface area contributed by atoms with Crippen molar-refractivity contribution in [3.8, 4) is 22.7 Å². The van der Waals surface area contributed by atoms with Gasteiger partial charge in [-0.15, -0.1) is 21.5 Å². The molecule has 0 atom stereocenters. The van der Waals surface area contributed by atoms with Gasteiger partial charge >= 0.3 is 5.97 Å². The minimum absolute atomic E-state index is 0.107. The van der Waals surface area contributed by atoms with Gasteiger partial charge in [0.1, 0.15) is 16.3 Å². The van der Waals surface area contributed by atoms with Gasteiger partial charge in [0.15, 0.2) is 11.0 Å². The predicted molar refractivity (Wildman–Crippen MR) is 129 cm³/mol. The van der Waals surface area contributed by atoms with Gasteiger partial charge in [0.25, 0.3) is 0 Å². The molecule has 8 nitrogen and oxygen atoms in total. The van der Waals surface area contributed by atoms with E-state index in [-0.39, 0.29) is 23.8 Å². The molecule has 0 aliphatic carbocycles. The summed E-state index contributed by atoms with van der Waals surface area (Å²) in [5.74, 6) is 0.595. The number of aryl methyl sites for hydroxylation is 1. The second-order valence-corrected chi connectivity index (χ2v) is 8.94. The maximum atomic E-state index is 12.7. The van der Waals surface area contributed by atoms with Crippen molar-refractivity contribution in [1.29, 1.82) is 0 Å². The molecule has 0 spiro atoms. The average molecular weight is 483 g/mol. The minimum atomic E-state index is -0.510. The normalized spacial score (nSPS) is 10.9. The largest absolute Gasteiger partial charge is 0.464 e. The number of hydrogen-bond donors (Lipinski definition) is 1. The van der Waals surface area contributed by atoms with Crippen LogP contribution in [0.2, 0.25) is 0 Å². The lowest BCUT2D eigenvalue weighted by Gasteiger charge is -2.08. The molecule has 0 saturated heterocycles. The van der Waals surface area contributed by atoms with E-state index >= 15 is 0 Å². The first kappa shape index (κ1) is 22.8. The number of nitrogens with zero attached hydrogens (tertiary/aromatic N) is 3. The van der Waals surface area contributed by atoms with Crippen molar-refractivity contribution in [2.75, 3.05) is 17.7 Å². The van der Waals surface area contributed by atoms with Gasteiger partial charge in [0, 0.05) is 23.6 Å². The van der Waals surface area contributed by atoms with Gasteiger partial charge in [-0.05, 0) is 32.0 Å². The van der Waals surface area contributed by atoms with Gasteiger partial charge in [-0.3, -0.25) is 4.79 Å². The average Bonchev–Trinajstić information content (AvgIpc) is 3.52. The molecule has 0 radical (unpaired) electrons. The maximum Gasteiger partial charge on any atom is 0.341 e. The molecule has 0 bridgehead atoms. The molecule has 0 saturated carbocycles. The van der Waals surface area contributed by atoms with Crippen molar-refractivity contribution in [2.45, 2.75) is 19.0 Å². The zero-order chi connectivity index (χ0) is 23.4. The van der Waals surface area contributed by atoms with E-state index in [2.05, 4.69) is 15.5 Å². The van der Waals surface area contributed by atoms with Crippen molar-refractivity contribution in [3.05, 3.63) is 59.2 Å². The molecule has 3 heterocycles. The molecule has 1 amide bonds. The summed E-state index contributed by atoms with van der Waals surface area (Å²) in [7, 11) is 1.87. The van der Waals surface area contributed by atoms with Crippen LogP contribution in [-0.4, -0.2) is 39.0 Å². The number of aromatic nitrogens is 3. The third kappa shape index (κ3) is 5.01. The molecule has 170 valence electrons. The Morgan fingerprint density at radius 2 is 2.09 bits per heavy atom. The van der Waals surface area contributed by atoms with Gasteiger partial charge in [-0.1, -0.05) is 35.5 Å². The quantitative estimate of drug-likeness (QED) is 0.278. The number of thioether (sulfide) groups is 1. The highest BCUT2D eigenvalue weighted by Gasteiger charge is 2.24. The van der Waals surface area contributed by atoms with Crippen molar-refractivity contribution in [3.63, 3.8) is 0 Å². The third-order valence-electron chi connectivity index (χ3n) is 4.75. The van der Waals surface area contributed by atoms with Gasteiger partial charge in [0.2, 0.25) is 5.91 Å². The Bertz CT molecular complexity index is 1280. The van der Waals surface area contributed by atoms with Crippen LogP contribution in [0.4, 0.5) is 5.00 Å². The second-order valence-electron chi connectivity index (χ2n) is 7.12. The summed E-state index contributed by atoms with van der Waals surface area (Å²) in [5.41, 5.74) is 2.97. The summed E-state index contributed by atoms with van der Waals surface area (Å²) in [6, 6.07) is 11.5. The number of ether oxygens (including phenoxy) is 1. The fourth-order valence-corrected chi connectivity index (χ4v) is 4.90. The lowest BCUT2D eigenvalue weighted by Crippen LogP contribution is -2.16. The monoisotopic (exact) mass is 482 g/mol. The number of carbonyl (C=O) groups excluding carboxylic acids is 2. The molecule has 3 aromatic heterocycles. The van der Waals surface area contributed by atoms with E-state index in [0.717, 1.165) is 17.0 Å². The Balaban J connectivity index is 1.47. The number of furan rings is 1. The predicted octanol–water partition coefficient (Wildman–Crippen LogP) is 5.02. The van der Waals surface area contributed by atoms with Crippen molar-refractivity contribution in [2.24, 2.45) is 7.05 Å². The summed E-state index contributed by atoms with van der Waals surface area (Å²) in [6.45, 7) is 3.98. The van der Waals surface area contributed by atoms with E-state index in [1.54, 1.807) is 24.4 Å². The molecular formula is C23H22N4O4S2. The van der Waals surface area contributed by atoms with Crippen molar-refractivity contribution in [1.82, 2.24) is 14.8 Å². The van der Waals surface area contributed by atoms with Crippen LogP contribution in [0, 0.1) is 6.92 Å². The number of anilines is 1. The summed E-state index contributed by atoms with van der Waals surface area (Å²) >= 11 is 2.52. The van der Waals surface area contributed by atoms with Gasteiger partial charge in [-0.2, -0.15) is 0 Å². The summed E-state index contributed by atoms with van der Waals surface area (Å²) in [4.78, 5) is 25.3. The molecular weight excluding hydrogens is 460 g/mol. The first-order valence-corrected chi connectivity index (χ1v) is 12.1. The molecule has 0 fully saturated rings. The topological polar surface area (TPSA) is 99.2 Å². The van der Waals surface area contributed by atoms with Crippen LogP contribution in [0.5, 0.6) is 0 Å². The zero-order valence-electron chi connectivity index (χ0n) is 18.3. The highest BCUT2D eigenvalue weighted by molar-refractivity contribution is 7.99. The standard InChI is InChI=1S/C23H22N4O4S2/c1-4-30-22(29)19-16(17-9-6-10-31-17)12-32-21(19)24-18(28)13-33-23-26-25-20(27(23)3)15-8-5-7-14(2)11-15/h5-12H,4,13H2,1-3H3,(H,24,28). The van der Waals surface area contributed by atoms with E-state index in [1.807, 2.05) is 42.8 Å². The lowest BCUT2D eigenvalue weighted by molar-refractivity contribution is -0.113. The molecule has 0 aliphatic rings. The highest BCUT2D eigenvalue weighted by atomic mass is 32.2. The summed E-state index contributed by atoms with van der Waals surface area (Å²) in [5, 5.41) is 14.1. The number of amides is 1. The van der Waals surface area contributed by atoms with E-state index in [9.17, 15) is 9.59 Å². The number of esters is 1. The molecule has 0 aliphatic heterocycles. The van der Waals surface area contributed by atoms with Gasteiger partial charge < -0.3 is 19.0 Å². The van der Waals surface area contributed by atoms with Crippen LogP contribution < -0.4 is 5.32 Å². The molecule has 0 unspecified atom stereocenters. The molecule has 33 heavy (non-hydrogen) atoms. The van der Waals surface area contributed by atoms with E-state index in [1.165, 1.54) is 29.4 Å².